The van der Waals surface area contributed by atoms with Crippen LogP contribution in [0.25, 0.3) is 21.3 Å². The number of anilines is 1. The summed E-state index contributed by atoms with van der Waals surface area (Å²) in [6.07, 6.45) is 5.37. The summed E-state index contributed by atoms with van der Waals surface area (Å²) < 4.78 is 1.23. The topological polar surface area (TPSA) is 43.2 Å². The Balaban J connectivity index is 1.36. The monoisotopic (exact) mass is 388 g/mol. The van der Waals surface area contributed by atoms with Crippen molar-refractivity contribution in [3.63, 3.8) is 0 Å². The Morgan fingerprint density at radius 1 is 0.964 bits per heavy atom. The van der Waals surface area contributed by atoms with E-state index in [4.69, 9.17) is 10.2 Å². The van der Waals surface area contributed by atoms with Crippen LogP contribution in [0.15, 0.2) is 42.5 Å². The molecule has 0 N–H and O–H groups in total. The average Bonchev–Trinajstić information content (AvgIpc) is 3.41. The number of fused-ring (bicyclic) bond motifs is 1. The van der Waals surface area contributed by atoms with E-state index in [1.165, 1.54) is 49.0 Å². The second-order valence-corrected chi connectivity index (χ2v) is 8.86. The van der Waals surface area contributed by atoms with Crippen LogP contribution in [0.3, 0.4) is 0 Å². The Labute approximate surface area is 170 Å². The van der Waals surface area contributed by atoms with E-state index in [2.05, 4.69) is 34.1 Å². The first kappa shape index (κ1) is 17.7. The number of aromatic nitrogens is 1. The molecule has 3 heterocycles. The molecule has 2 aliphatic heterocycles. The first-order valence-electron chi connectivity index (χ1n) is 10.2. The van der Waals surface area contributed by atoms with E-state index in [0.29, 0.717) is 11.6 Å². The number of piperidine rings is 1. The first-order valence-corrected chi connectivity index (χ1v) is 11.0. The quantitative estimate of drug-likeness (QED) is 0.640. The van der Waals surface area contributed by atoms with Gasteiger partial charge in [0, 0.05) is 19.1 Å². The fraction of sp³-hybridized carbons (Fsp3) is 0.391. The molecule has 0 spiro atoms. The molecule has 5 heteroatoms. The SMILES string of the molecule is N#Cc1ccc(-c2ccc3nc(N4CC[C@H](N5CCCCC5)C4)sc3c2)cc1. The van der Waals surface area contributed by atoms with Gasteiger partial charge < -0.3 is 4.90 Å². The second-order valence-electron chi connectivity index (χ2n) is 7.85. The molecule has 4 nitrogen and oxygen atoms in total. The Morgan fingerprint density at radius 3 is 2.54 bits per heavy atom. The normalized spacial score (nSPS) is 20.5. The third-order valence-corrected chi connectivity index (χ3v) is 7.14. The molecule has 28 heavy (non-hydrogen) atoms. The van der Waals surface area contributed by atoms with Crippen molar-refractivity contribution >= 4 is 26.7 Å². The molecular weight excluding hydrogens is 364 g/mol. The van der Waals surface area contributed by atoms with E-state index in [9.17, 15) is 0 Å². The largest absolute Gasteiger partial charge is 0.346 e. The van der Waals surface area contributed by atoms with Crippen molar-refractivity contribution < 1.29 is 0 Å². The molecule has 2 fully saturated rings. The van der Waals surface area contributed by atoms with E-state index < -0.39 is 0 Å². The van der Waals surface area contributed by atoms with Crippen molar-refractivity contribution in [2.75, 3.05) is 31.1 Å². The minimum Gasteiger partial charge on any atom is -0.346 e. The van der Waals surface area contributed by atoms with E-state index in [1.807, 2.05) is 24.3 Å². The lowest BCUT2D eigenvalue weighted by atomic mass is 10.0. The van der Waals surface area contributed by atoms with Crippen LogP contribution >= 0.6 is 11.3 Å². The van der Waals surface area contributed by atoms with Crippen LogP contribution in [0, 0.1) is 11.3 Å². The maximum atomic E-state index is 8.98. The molecule has 0 bridgehead atoms. The summed E-state index contributed by atoms with van der Waals surface area (Å²) in [5, 5.41) is 10.1. The van der Waals surface area contributed by atoms with Crippen LogP contribution in [0.5, 0.6) is 0 Å². The highest BCUT2D eigenvalue weighted by molar-refractivity contribution is 7.22. The van der Waals surface area contributed by atoms with Gasteiger partial charge in [0.05, 0.1) is 21.8 Å². The summed E-state index contributed by atoms with van der Waals surface area (Å²) in [5.41, 5.74) is 4.10. The number of nitrogens with zero attached hydrogens (tertiary/aromatic N) is 4. The van der Waals surface area contributed by atoms with Crippen molar-refractivity contribution in [1.29, 1.82) is 5.26 Å². The van der Waals surface area contributed by atoms with Crippen LogP contribution in [0.2, 0.25) is 0 Å². The van der Waals surface area contributed by atoms with Crippen molar-refractivity contribution in [3.8, 4) is 17.2 Å². The molecule has 0 saturated carbocycles. The summed E-state index contributed by atoms with van der Waals surface area (Å²) in [5.74, 6) is 0. The zero-order valence-electron chi connectivity index (χ0n) is 16.0. The lowest BCUT2D eigenvalue weighted by Gasteiger charge is -2.32. The molecule has 0 unspecified atom stereocenters. The fourth-order valence-corrected chi connectivity index (χ4v) is 5.50. The number of benzene rings is 2. The van der Waals surface area contributed by atoms with Crippen LogP contribution in [0.4, 0.5) is 5.13 Å². The van der Waals surface area contributed by atoms with Gasteiger partial charge in [0.15, 0.2) is 5.13 Å². The van der Waals surface area contributed by atoms with Gasteiger partial charge in [-0.15, -0.1) is 0 Å². The van der Waals surface area contributed by atoms with Gasteiger partial charge in [0.1, 0.15) is 0 Å². The second kappa shape index (κ2) is 7.54. The van der Waals surface area contributed by atoms with Gasteiger partial charge in [-0.2, -0.15) is 5.26 Å². The number of nitriles is 1. The van der Waals surface area contributed by atoms with Crippen molar-refractivity contribution in [2.45, 2.75) is 31.7 Å². The number of rotatable bonds is 3. The van der Waals surface area contributed by atoms with Crippen LogP contribution < -0.4 is 4.90 Å². The predicted molar refractivity (Wildman–Crippen MR) is 116 cm³/mol. The summed E-state index contributed by atoms with van der Waals surface area (Å²) in [4.78, 5) is 10.1. The van der Waals surface area contributed by atoms with Crippen molar-refractivity contribution in [3.05, 3.63) is 48.0 Å². The summed E-state index contributed by atoms with van der Waals surface area (Å²) in [6.45, 7) is 4.77. The molecule has 2 aromatic carbocycles. The smallest absolute Gasteiger partial charge is 0.186 e. The lowest BCUT2D eigenvalue weighted by molar-refractivity contribution is 0.175. The van der Waals surface area contributed by atoms with E-state index in [1.54, 1.807) is 11.3 Å². The zero-order chi connectivity index (χ0) is 18.9. The minimum atomic E-state index is 0.696. The number of hydrogen-bond donors (Lipinski definition) is 0. The molecule has 0 aliphatic carbocycles. The molecule has 2 saturated heterocycles. The van der Waals surface area contributed by atoms with Crippen molar-refractivity contribution in [1.82, 2.24) is 9.88 Å². The van der Waals surface area contributed by atoms with Gasteiger partial charge in [-0.05, 0) is 67.7 Å². The molecule has 3 aromatic rings. The van der Waals surface area contributed by atoms with Gasteiger partial charge in [-0.3, -0.25) is 4.90 Å². The van der Waals surface area contributed by atoms with Crippen LogP contribution in [-0.4, -0.2) is 42.1 Å². The van der Waals surface area contributed by atoms with E-state index >= 15 is 0 Å². The molecule has 2 aliphatic rings. The standard InChI is InChI=1S/C23H24N4S/c24-15-17-4-6-18(7-5-17)19-8-9-21-22(14-19)28-23(25-21)27-13-10-20(16-27)26-11-2-1-3-12-26/h4-9,14,20H,1-3,10-13,16H2/t20-/m0/s1. The number of hydrogen-bond acceptors (Lipinski definition) is 5. The summed E-state index contributed by atoms with van der Waals surface area (Å²) in [7, 11) is 0. The van der Waals surface area contributed by atoms with E-state index in [0.717, 1.165) is 29.3 Å². The van der Waals surface area contributed by atoms with E-state index in [-0.39, 0.29) is 0 Å². The Kier molecular flexibility index (Phi) is 4.76. The van der Waals surface area contributed by atoms with Gasteiger partial charge >= 0.3 is 0 Å². The third kappa shape index (κ3) is 3.39. The molecule has 5 rings (SSSR count). The van der Waals surface area contributed by atoms with Gasteiger partial charge in [-0.1, -0.05) is 36.0 Å². The van der Waals surface area contributed by atoms with Crippen LogP contribution in [-0.2, 0) is 0 Å². The van der Waals surface area contributed by atoms with Crippen LogP contribution in [0.1, 0.15) is 31.2 Å². The Bertz CT molecular complexity index is 1010. The summed E-state index contributed by atoms with van der Waals surface area (Å²) >= 11 is 1.80. The zero-order valence-corrected chi connectivity index (χ0v) is 16.8. The maximum absolute atomic E-state index is 8.98. The molecule has 0 radical (unpaired) electrons. The predicted octanol–water partition coefficient (Wildman–Crippen LogP) is 4.90. The lowest BCUT2D eigenvalue weighted by Crippen LogP contribution is -2.40. The Hall–Kier alpha value is -2.42. The fourth-order valence-electron chi connectivity index (χ4n) is 4.46. The molecule has 1 atom stereocenters. The summed E-state index contributed by atoms with van der Waals surface area (Å²) in [6, 6.07) is 17.2. The number of thiazole rings is 1. The highest BCUT2D eigenvalue weighted by Crippen LogP contribution is 2.34. The van der Waals surface area contributed by atoms with Gasteiger partial charge in [0.2, 0.25) is 0 Å². The first-order chi connectivity index (χ1) is 13.8. The number of likely N-dealkylation sites (tertiary alicyclic amines) is 1. The van der Waals surface area contributed by atoms with Crippen molar-refractivity contribution in [2.24, 2.45) is 0 Å². The maximum Gasteiger partial charge on any atom is 0.186 e. The van der Waals surface area contributed by atoms with Gasteiger partial charge in [-0.25, -0.2) is 4.98 Å². The molecule has 142 valence electrons. The molecule has 0 amide bonds. The minimum absolute atomic E-state index is 0.696. The average molecular weight is 389 g/mol. The van der Waals surface area contributed by atoms with Gasteiger partial charge in [0.25, 0.3) is 0 Å². The Morgan fingerprint density at radius 2 is 1.75 bits per heavy atom. The highest BCUT2D eigenvalue weighted by Gasteiger charge is 2.29. The molecular formula is C23H24N4S. The highest BCUT2D eigenvalue weighted by atomic mass is 32.1. The molecule has 1 aromatic heterocycles. The third-order valence-electron chi connectivity index (χ3n) is 6.07.